The van der Waals surface area contributed by atoms with Crippen molar-refractivity contribution in [2.45, 2.75) is 13.3 Å². The normalized spacial score (nSPS) is 13.4. The van der Waals surface area contributed by atoms with Crippen molar-refractivity contribution in [2.75, 3.05) is 6.54 Å². The van der Waals surface area contributed by atoms with Gasteiger partial charge in [0.1, 0.15) is 0 Å². The highest BCUT2D eigenvalue weighted by atomic mass is 35.5. The molecule has 0 aliphatic heterocycles. The third kappa shape index (κ3) is 3.05. The van der Waals surface area contributed by atoms with Gasteiger partial charge in [0.25, 0.3) is 0 Å². The summed E-state index contributed by atoms with van der Waals surface area (Å²) in [4.78, 5) is 0. The van der Waals surface area contributed by atoms with Crippen molar-refractivity contribution in [3.63, 3.8) is 0 Å². The zero-order valence-corrected chi connectivity index (χ0v) is 5.91. The summed E-state index contributed by atoms with van der Waals surface area (Å²) < 4.78 is 0. The maximum absolute atomic E-state index is 5.56. The number of hydrogen-bond acceptors (Lipinski definition) is 1. The molecule has 8 heavy (non-hydrogen) atoms. The van der Waals surface area contributed by atoms with Gasteiger partial charge in [0.2, 0.25) is 0 Å². The van der Waals surface area contributed by atoms with Crippen LogP contribution in [0.25, 0.3) is 0 Å². The van der Waals surface area contributed by atoms with Gasteiger partial charge in [-0.05, 0) is 18.9 Å². The van der Waals surface area contributed by atoms with E-state index in [2.05, 4.69) is 6.58 Å². The summed E-state index contributed by atoms with van der Waals surface area (Å²) in [6.45, 7) is 6.29. The monoisotopic (exact) mass is 133 g/mol. The van der Waals surface area contributed by atoms with Gasteiger partial charge in [0.15, 0.2) is 0 Å². The highest BCUT2D eigenvalue weighted by molar-refractivity contribution is 6.29. The van der Waals surface area contributed by atoms with Crippen LogP contribution in [-0.2, 0) is 0 Å². The predicted molar refractivity (Wildman–Crippen MR) is 37.8 cm³/mol. The molecule has 48 valence electrons. The van der Waals surface area contributed by atoms with Gasteiger partial charge >= 0.3 is 0 Å². The van der Waals surface area contributed by atoms with Gasteiger partial charge in [-0.2, -0.15) is 0 Å². The summed E-state index contributed by atoms with van der Waals surface area (Å²) in [6, 6.07) is 0. The van der Waals surface area contributed by atoms with E-state index in [1.165, 1.54) is 0 Å². The first kappa shape index (κ1) is 7.99. The van der Waals surface area contributed by atoms with Crippen LogP contribution in [0.1, 0.15) is 13.3 Å². The van der Waals surface area contributed by atoms with E-state index in [0.717, 1.165) is 6.42 Å². The molecule has 0 fully saturated rings. The Morgan fingerprint density at radius 2 is 2.38 bits per heavy atom. The molecular formula is C6H12ClN. The van der Waals surface area contributed by atoms with E-state index in [9.17, 15) is 0 Å². The highest BCUT2D eigenvalue weighted by Crippen LogP contribution is 2.14. The summed E-state index contributed by atoms with van der Waals surface area (Å²) in [7, 11) is 0. The van der Waals surface area contributed by atoms with E-state index in [-0.39, 0.29) is 0 Å². The number of nitrogens with two attached hydrogens (primary N) is 1. The summed E-state index contributed by atoms with van der Waals surface area (Å²) in [5.41, 5.74) is 5.27. The second kappa shape index (κ2) is 3.93. The number of halogens is 1. The Balaban J connectivity index is 3.32. The fraction of sp³-hybridized carbons (Fsp3) is 0.667. The van der Waals surface area contributed by atoms with Gasteiger partial charge in [0.05, 0.1) is 0 Å². The van der Waals surface area contributed by atoms with E-state index in [0.29, 0.717) is 17.5 Å². The minimum atomic E-state index is 0.363. The standard InChI is InChI=1S/C6H12ClN/c1-5(3-4-8)6(2)7/h5H,2-4,8H2,1H3. The van der Waals surface area contributed by atoms with Gasteiger partial charge in [-0.25, -0.2) is 0 Å². The SMILES string of the molecule is C=C(Cl)C(C)CCN. The van der Waals surface area contributed by atoms with Crippen LogP contribution in [0.2, 0.25) is 0 Å². The molecule has 0 bridgehead atoms. The molecule has 0 aliphatic carbocycles. The van der Waals surface area contributed by atoms with Crippen LogP contribution in [-0.4, -0.2) is 6.54 Å². The second-order valence-corrected chi connectivity index (χ2v) is 2.41. The zero-order chi connectivity index (χ0) is 6.57. The van der Waals surface area contributed by atoms with Crippen molar-refractivity contribution < 1.29 is 0 Å². The number of allylic oxidation sites excluding steroid dienone is 1. The Kier molecular flexibility index (Phi) is 3.92. The maximum atomic E-state index is 5.56. The van der Waals surface area contributed by atoms with E-state index >= 15 is 0 Å². The van der Waals surface area contributed by atoms with Crippen LogP contribution in [0.3, 0.4) is 0 Å². The average Bonchev–Trinajstić information content (AvgIpc) is 1.67. The molecule has 0 rings (SSSR count). The lowest BCUT2D eigenvalue weighted by molar-refractivity contribution is 0.649. The first-order valence-electron chi connectivity index (χ1n) is 2.73. The molecule has 1 unspecified atom stereocenters. The lowest BCUT2D eigenvalue weighted by Crippen LogP contribution is -2.04. The maximum Gasteiger partial charge on any atom is 0.0137 e. The molecule has 0 amide bonds. The Bertz CT molecular complexity index is 80.6. The topological polar surface area (TPSA) is 26.0 Å². The van der Waals surface area contributed by atoms with E-state index in [1.807, 2.05) is 6.92 Å². The third-order valence-corrected chi connectivity index (χ3v) is 1.51. The Hall–Kier alpha value is -0.0100. The van der Waals surface area contributed by atoms with Gasteiger partial charge in [-0.3, -0.25) is 0 Å². The fourth-order valence-corrected chi connectivity index (χ4v) is 0.516. The summed E-state index contributed by atoms with van der Waals surface area (Å²) >= 11 is 5.56. The minimum absolute atomic E-state index is 0.363. The molecule has 0 aromatic heterocycles. The summed E-state index contributed by atoms with van der Waals surface area (Å²) in [5.74, 6) is 0.363. The van der Waals surface area contributed by atoms with Crippen LogP contribution >= 0.6 is 11.6 Å². The summed E-state index contributed by atoms with van der Waals surface area (Å²) in [6.07, 6.45) is 0.933. The molecule has 0 spiro atoms. The van der Waals surface area contributed by atoms with Crippen molar-refractivity contribution >= 4 is 11.6 Å². The van der Waals surface area contributed by atoms with Crippen LogP contribution in [0.4, 0.5) is 0 Å². The molecule has 0 radical (unpaired) electrons. The summed E-state index contributed by atoms with van der Waals surface area (Å²) in [5, 5.41) is 0.704. The van der Waals surface area contributed by atoms with Gasteiger partial charge in [0, 0.05) is 5.03 Å². The lowest BCUT2D eigenvalue weighted by Gasteiger charge is -2.04. The predicted octanol–water partition coefficient (Wildman–Crippen LogP) is 1.72. The molecule has 2 N–H and O–H groups in total. The fourth-order valence-electron chi connectivity index (χ4n) is 0.407. The quantitative estimate of drug-likeness (QED) is 0.624. The van der Waals surface area contributed by atoms with Crippen molar-refractivity contribution in [2.24, 2.45) is 11.7 Å². The smallest absolute Gasteiger partial charge is 0.0137 e. The largest absolute Gasteiger partial charge is 0.330 e. The highest BCUT2D eigenvalue weighted by Gasteiger charge is 2.00. The van der Waals surface area contributed by atoms with Crippen LogP contribution in [0.5, 0.6) is 0 Å². The van der Waals surface area contributed by atoms with E-state index in [1.54, 1.807) is 0 Å². The zero-order valence-electron chi connectivity index (χ0n) is 5.15. The molecule has 0 aromatic rings. The first-order chi connectivity index (χ1) is 3.68. The Labute approximate surface area is 55.5 Å². The molecule has 0 saturated carbocycles. The molecular weight excluding hydrogens is 122 g/mol. The van der Waals surface area contributed by atoms with Crippen LogP contribution in [0, 0.1) is 5.92 Å². The molecule has 0 heterocycles. The van der Waals surface area contributed by atoms with Crippen molar-refractivity contribution in [3.8, 4) is 0 Å². The first-order valence-corrected chi connectivity index (χ1v) is 3.10. The van der Waals surface area contributed by atoms with Gasteiger partial charge < -0.3 is 5.73 Å². The van der Waals surface area contributed by atoms with Crippen molar-refractivity contribution in [3.05, 3.63) is 11.6 Å². The molecule has 0 aliphatic rings. The number of hydrogen-bond donors (Lipinski definition) is 1. The Morgan fingerprint density at radius 1 is 1.88 bits per heavy atom. The van der Waals surface area contributed by atoms with E-state index in [4.69, 9.17) is 17.3 Å². The molecule has 0 aromatic carbocycles. The Morgan fingerprint density at radius 3 is 2.50 bits per heavy atom. The minimum Gasteiger partial charge on any atom is -0.330 e. The molecule has 2 heteroatoms. The van der Waals surface area contributed by atoms with Crippen LogP contribution < -0.4 is 5.73 Å². The average molecular weight is 134 g/mol. The number of rotatable bonds is 3. The van der Waals surface area contributed by atoms with Gasteiger partial charge in [-0.1, -0.05) is 25.1 Å². The van der Waals surface area contributed by atoms with Crippen molar-refractivity contribution in [1.82, 2.24) is 0 Å². The molecule has 0 saturated heterocycles. The lowest BCUT2D eigenvalue weighted by atomic mass is 10.1. The molecule has 1 nitrogen and oxygen atoms in total. The van der Waals surface area contributed by atoms with E-state index < -0.39 is 0 Å². The van der Waals surface area contributed by atoms with Gasteiger partial charge in [-0.15, -0.1) is 0 Å². The van der Waals surface area contributed by atoms with Crippen LogP contribution in [0.15, 0.2) is 11.6 Å². The second-order valence-electron chi connectivity index (χ2n) is 1.93. The molecule has 1 atom stereocenters. The third-order valence-electron chi connectivity index (χ3n) is 1.13. The van der Waals surface area contributed by atoms with Crippen molar-refractivity contribution in [1.29, 1.82) is 0 Å².